The third-order valence-electron chi connectivity index (χ3n) is 2.41. The molecule has 1 aliphatic rings. The molecule has 1 saturated heterocycles. The maximum atomic E-state index is 11.0. The number of hydrogen-bond acceptors (Lipinski definition) is 5. The van der Waals surface area contributed by atoms with E-state index >= 15 is 0 Å². The van der Waals surface area contributed by atoms with E-state index in [1.165, 1.54) is 0 Å². The zero-order valence-corrected chi connectivity index (χ0v) is 12.2. The van der Waals surface area contributed by atoms with Crippen molar-refractivity contribution >= 4 is 26.0 Å². The van der Waals surface area contributed by atoms with Crippen LogP contribution in [0.5, 0.6) is 5.75 Å². The third kappa shape index (κ3) is 3.68. The largest absolute Gasteiger partial charge is 0.480 e. The Hall–Kier alpha value is -0.630. The van der Waals surface area contributed by atoms with Crippen LogP contribution in [0, 0.1) is 0 Å². The fourth-order valence-corrected chi connectivity index (χ4v) is 2.16. The van der Waals surface area contributed by atoms with Crippen molar-refractivity contribution < 1.29 is 22.1 Å². The second kappa shape index (κ2) is 5.16. The molecule has 1 heterocycles. The number of rotatable bonds is 5. The minimum Gasteiger partial charge on any atom is -0.480 e. The smallest absolute Gasteiger partial charge is 0.264 e. The summed E-state index contributed by atoms with van der Waals surface area (Å²) in [5.41, 5.74) is -0.711. The van der Waals surface area contributed by atoms with Crippen LogP contribution in [0.1, 0.15) is 0 Å². The van der Waals surface area contributed by atoms with E-state index < -0.39 is 15.7 Å². The molecule has 0 N–H and O–H groups in total. The zero-order valence-electron chi connectivity index (χ0n) is 9.76. The molecule has 1 aromatic carbocycles. The second-order valence-corrected chi connectivity index (χ2v) is 6.76. The molecule has 0 unspecified atom stereocenters. The lowest BCUT2D eigenvalue weighted by atomic mass is 10.0. The van der Waals surface area contributed by atoms with Crippen LogP contribution in [0.15, 0.2) is 28.7 Å². The molecule has 18 heavy (non-hydrogen) atoms. The van der Waals surface area contributed by atoms with Gasteiger partial charge in [-0.3, -0.25) is 4.18 Å². The molecule has 1 aromatic rings. The molecule has 2 rings (SSSR count). The summed E-state index contributed by atoms with van der Waals surface area (Å²) in [5, 5.41) is 0. The molecular weight excluding hydrogens is 324 g/mol. The molecule has 1 aliphatic heterocycles. The number of ether oxygens (including phenoxy) is 2. The van der Waals surface area contributed by atoms with Crippen LogP contribution in [-0.2, 0) is 19.0 Å². The second-order valence-electron chi connectivity index (χ2n) is 4.20. The van der Waals surface area contributed by atoms with Crippen molar-refractivity contribution in [2.45, 2.75) is 5.60 Å². The predicted octanol–water partition coefficient (Wildman–Crippen LogP) is 1.57. The molecule has 0 saturated carbocycles. The SMILES string of the molecule is CS(=O)(=O)OCC1(Oc2ccc(Br)cc2)COC1. The van der Waals surface area contributed by atoms with Crippen LogP contribution in [-0.4, -0.2) is 40.1 Å². The highest BCUT2D eigenvalue weighted by molar-refractivity contribution is 9.10. The van der Waals surface area contributed by atoms with Crippen molar-refractivity contribution in [2.75, 3.05) is 26.1 Å². The van der Waals surface area contributed by atoms with Crippen molar-refractivity contribution in [1.29, 1.82) is 0 Å². The van der Waals surface area contributed by atoms with Crippen LogP contribution < -0.4 is 4.74 Å². The van der Waals surface area contributed by atoms with Gasteiger partial charge < -0.3 is 9.47 Å². The summed E-state index contributed by atoms with van der Waals surface area (Å²) in [6.07, 6.45) is 1.01. The van der Waals surface area contributed by atoms with Crippen molar-refractivity contribution in [3.05, 3.63) is 28.7 Å². The summed E-state index contributed by atoms with van der Waals surface area (Å²) >= 11 is 3.33. The third-order valence-corrected chi connectivity index (χ3v) is 3.49. The number of halogens is 1. The van der Waals surface area contributed by atoms with E-state index in [0.717, 1.165) is 10.7 Å². The molecule has 0 radical (unpaired) electrons. The van der Waals surface area contributed by atoms with Gasteiger partial charge in [-0.25, -0.2) is 0 Å². The molecule has 0 aliphatic carbocycles. The normalized spacial score (nSPS) is 18.1. The van der Waals surface area contributed by atoms with E-state index in [2.05, 4.69) is 15.9 Å². The van der Waals surface area contributed by atoms with Crippen molar-refractivity contribution in [1.82, 2.24) is 0 Å². The minimum absolute atomic E-state index is 0.0398. The Balaban J connectivity index is 2.02. The monoisotopic (exact) mass is 336 g/mol. The van der Waals surface area contributed by atoms with E-state index in [1.807, 2.05) is 12.1 Å². The molecule has 5 nitrogen and oxygen atoms in total. The molecule has 1 fully saturated rings. The summed E-state index contributed by atoms with van der Waals surface area (Å²) in [6, 6.07) is 7.29. The molecule has 0 atom stereocenters. The maximum Gasteiger partial charge on any atom is 0.264 e. The van der Waals surface area contributed by atoms with Gasteiger partial charge >= 0.3 is 0 Å². The summed E-state index contributed by atoms with van der Waals surface area (Å²) < 4.78 is 38.6. The first-order valence-electron chi connectivity index (χ1n) is 5.25. The van der Waals surface area contributed by atoms with Gasteiger partial charge in [0.2, 0.25) is 0 Å². The topological polar surface area (TPSA) is 61.8 Å². The zero-order chi connectivity index (χ0) is 13.2. The lowest BCUT2D eigenvalue weighted by Crippen LogP contribution is -2.58. The van der Waals surface area contributed by atoms with Gasteiger partial charge in [-0.05, 0) is 24.3 Å². The first kappa shape index (κ1) is 13.8. The van der Waals surface area contributed by atoms with Gasteiger partial charge in [0.25, 0.3) is 10.1 Å². The average molecular weight is 337 g/mol. The molecule has 0 aromatic heterocycles. The Morgan fingerprint density at radius 2 is 1.94 bits per heavy atom. The van der Waals surface area contributed by atoms with Crippen LogP contribution in [0.4, 0.5) is 0 Å². The quantitative estimate of drug-likeness (QED) is 0.764. The highest BCUT2D eigenvalue weighted by Gasteiger charge is 2.42. The minimum atomic E-state index is -3.48. The van der Waals surface area contributed by atoms with Crippen LogP contribution in [0.2, 0.25) is 0 Å². The lowest BCUT2D eigenvalue weighted by Gasteiger charge is -2.40. The highest BCUT2D eigenvalue weighted by atomic mass is 79.9. The molecule has 100 valence electrons. The van der Waals surface area contributed by atoms with Crippen LogP contribution in [0.3, 0.4) is 0 Å². The average Bonchev–Trinajstić information content (AvgIpc) is 2.23. The molecule has 0 bridgehead atoms. The van der Waals surface area contributed by atoms with E-state index in [-0.39, 0.29) is 6.61 Å². The van der Waals surface area contributed by atoms with Crippen molar-refractivity contribution in [3.63, 3.8) is 0 Å². The van der Waals surface area contributed by atoms with E-state index in [9.17, 15) is 8.42 Å². The fourth-order valence-electron chi connectivity index (χ4n) is 1.47. The summed E-state index contributed by atoms with van der Waals surface area (Å²) in [4.78, 5) is 0. The van der Waals surface area contributed by atoms with Gasteiger partial charge in [0.05, 0.1) is 19.5 Å². The first-order valence-corrected chi connectivity index (χ1v) is 7.86. The maximum absolute atomic E-state index is 11.0. The Bertz CT molecular complexity index is 507. The summed E-state index contributed by atoms with van der Waals surface area (Å²) in [7, 11) is -3.48. The van der Waals surface area contributed by atoms with Crippen LogP contribution in [0.25, 0.3) is 0 Å². The Morgan fingerprint density at radius 3 is 2.39 bits per heavy atom. The van der Waals surface area contributed by atoms with E-state index in [0.29, 0.717) is 19.0 Å². The highest BCUT2D eigenvalue weighted by Crippen LogP contribution is 2.27. The van der Waals surface area contributed by atoms with Crippen molar-refractivity contribution in [2.24, 2.45) is 0 Å². The van der Waals surface area contributed by atoms with Gasteiger partial charge in [0, 0.05) is 4.47 Å². The molecular formula is C11H13BrO5S. The van der Waals surface area contributed by atoms with Gasteiger partial charge in [-0.2, -0.15) is 8.42 Å². The van der Waals surface area contributed by atoms with Gasteiger partial charge in [0.15, 0.2) is 5.60 Å². The predicted molar refractivity (Wildman–Crippen MR) is 69.1 cm³/mol. The summed E-state index contributed by atoms with van der Waals surface area (Å²) in [5.74, 6) is 0.651. The van der Waals surface area contributed by atoms with Gasteiger partial charge in [-0.1, -0.05) is 15.9 Å². The Labute approximate surface area is 114 Å². The Morgan fingerprint density at radius 1 is 1.33 bits per heavy atom. The van der Waals surface area contributed by atoms with Crippen LogP contribution >= 0.6 is 15.9 Å². The van der Waals surface area contributed by atoms with Gasteiger partial charge in [-0.15, -0.1) is 0 Å². The van der Waals surface area contributed by atoms with Crippen molar-refractivity contribution in [3.8, 4) is 5.75 Å². The summed E-state index contributed by atoms with van der Waals surface area (Å²) in [6.45, 7) is 0.596. The van der Waals surface area contributed by atoms with E-state index in [4.69, 9.17) is 13.7 Å². The molecule has 0 spiro atoms. The number of hydrogen-bond donors (Lipinski definition) is 0. The first-order chi connectivity index (χ1) is 8.39. The fraction of sp³-hybridized carbons (Fsp3) is 0.455. The number of benzene rings is 1. The van der Waals surface area contributed by atoms with Gasteiger partial charge in [0.1, 0.15) is 12.4 Å². The molecule has 7 heteroatoms. The Kier molecular flexibility index (Phi) is 3.96. The standard InChI is InChI=1S/C11H13BrO5S/c1-18(13,14)16-8-11(6-15-7-11)17-10-4-2-9(12)3-5-10/h2-5H,6-8H2,1H3. The van der Waals surface area contributed by atoms with E-state index in [1.54, 1.807) is 12.1 Å². The molecule has 0 amide bonds. The lowest BCUT2D eigenvalue weighted by molar-refractivity contribution is -0.175.